The third-order valence-corrected chi connectivity index (χ3v) is 3.79. The third-order valence-electron chi connectivity index (χ3n) is 3.46. The number of carbonyl (C=O) groups excluding carboxylic acids is 1. The van der Waals surface area contributed by atoms with Crippen LogP contribution in [0.3, 0.4) is 0 Å². The molecule has 1 N–H and O–H groups in total. The number of hydrogen-bond donors (Lipinski definition) is 1. The third kappa shape index (κ3) is 3.55. The smallest absolute Gasteiger partial charge is 0.317 e. The van der Waals surface area contributed by atoms with Crippen molar-refractivity contribution in [2.45, 2.75) is 12.8 Å². The van der Waals surface area contributed by atoms with Crippen LogP contribution in [-0.2, 0) is 4.79 Å². The Kier molecular flexibility index (Phi) is 4.56. The van der Waals surface area contributed by atoms with Crippen LogP contribution < -0.4 is 0 Å². The summed E-state index contributed by atoms with van der Waals surface area (Å²) < 4.78 is 0. The van der Waals surface area contributed by atoms with Gasteiger partial charge in [-0.3, -0.25) is 14.5 Å². The van der Waals surface area contributed by atoms with Gasteiger partial charge in [0.05, 0.1) is 11.6 Å². The molecule has 0 radical (unpaired) electrons. The number of rotatable bonds is 4. The molecule has 0 atom stereocenters. The van der Waals surface area contributed by atoms with Crippen LogP contribution in [0.4, 0.5) is 0 Å². The molecule has 0 unspecified atom stereocenters. The van der Waals surface area contributed by atoms with E-state index in [9.17, 15) is 9.59 Å². The zero-order valence-corrected chi connectivity index (χ0v) is 11.3. The predicted octanol–water partition coefficient (Wildman–Crippen LogP) is 2.32. The van der Waals surface area contributed by atoms with Crippen molar-refractivity contribution >= 4 is 23.4 Å². The number of nitrogens with zero attached hydrogens (tertiary/aromatic N) is 1. The molecule has 0 spiro atoms. The molecule has 1 fully saturated rings. The van der Waals surface area contributed by atoms with Crippen molar-refractivity contribution in [1.29, 1.82) is 0 Å². The standard InChI is InChI=1S/C14H16ClNO3/c15-12-4-2-1-3-11(12)14(19)10-5-7-16(8-6-10)9-13(17)18/h1-4,10H,5-9H2,(H,17,18). The number of aliphatic carboxylic acids is 1. The number of carboxylic acid groups (broad SMARTS) is 1. The highest BCUT2D eigenvalue weighted by Crippen LogP contribution is 2.25. The lowest BCUT2D eigenvalue weighted by molar-refractivity contribution is -0.138. The van der Waals surface area contributed by atoms with Gasteiger partial charge in [0.1, 0.15) is 0 Å². The van der Waals surface area contributed by atoms with Crippen LogP contribution in [0.2, 0.25) is 5.02 Å². The molecular weight excluding hydrogens is 266 g/mol. The highest BCUT2D eigenvalue weighted by molar-refractivity contribution is 6.34. The lowest BCUT2D eigenvalue weighted by atomic mass is 9.89. The van der Waals surface area contributed by atoms with Crippen LogP contribution in [-0.4, -0.2) is 41.4 Å². The van der Waals surface area contributed by atoms with E-state index in [1.54, 1.807) is 24.3 Å². The van der Waals surface area contributed by atoms with Crippen molar-refractivity contribution in [2.24, 2.45) is 5.92 Å². The molecule has 1 saturated heterocycles. The summed E-state index contributed by atoms with van der Waals surface area (Å²) in [6, 6.07) is 7.07. The van der Waals surface area contributed by atoms with Gasteiger partial charge in [0, 0.05) is 11.5 Å². The van der Waals surface area contributed by atoms with Gasteiger partial charge in [-0.1, -0.05) is 23.7 Å². The zero-order valence-electron chi connectivity index (χ0n) is 10.5. The van der Waals surface area contributed by atoms with Gasteiger partial charge in [-0.25, -0.2) is 0 Å². The molecule has 2 rings (SSSR count). The minimum absolute atomic E-state index is 0.0486. The van der Waals surface area contributed by atoms with Gasteiger partial charge in [-0.05, 0) is 38.1 Å². The van der Waals surface area contributed by atoms with Crippen LogP contribution in [0, 0.1) is 5.92 Å². The summed E-state index contributed by atoms with van der Waals surface area (Å²) in [5.41, 5.74) is 0.570. The van der Waals surface area contributed by atoms with E-state index in [0.717, 1.165) is 0 Å². The number of benzene rings is 1. The lowest BCUT2D eigenvalue weighted by Gasteiger charge is -2.30. The first-order valence-electron chi connectivity index (χ1n) is 6.31. The molecule has 1 aliphatic rings. The molecule has 102 valence electrons. The molecule has 1 aromatic carbocycles. The molecule has 1 aromatic rings. The molecule has 19 heavy (non-hydrogen) atoms. The van der Waals surface area contributed by atoms with E-state index >= 15 is 0 Å². The average molecular weight is 282 g/mol. The summed E-state index contributed by atoms with van der Waals surface area (Å²) in [6.45, 7) is 1.34. The van der Waals surface area contributed by atoms with Gasteiger partial charge >= 0.3 is 5.97 Å². The summed E-state index contributed by atoms with van der Waals surface area (Å²) >= 11 is 6.03. The number of halogens is 1. The molecule has 0 bridgehead atoms. The van der Waals surface area contributed by atoms with Crippen LogP contribution in [0.25, 0.3) is 0 Å². The summed E-state index contributed by atoms with van der Waals surface area (Å²) in [7, 11) is 0. The molecular formula is C14H16ClNO3. The molecule has 0 aromatic heterocycles. The minimum atomic E-state index is -0.823. The van der Waals surface area contributed by atoms with Gasteiger partial charge in [0.25, 0.3) is 0 Å². The summed E-state index contributed by atoms with van der Waals surface area (Å²) in [5, 5.41) is 9.22. The fourth-order valence-electron chi connectivity index (χ4n) is 2.43. The van der Waals surface area contributed by atoms with E-state index in [1.807, 2.05) is 4.90 Å². The summed E-state index contributed by atoms with van der Waals surface area (Å²) in [5.74, 6) is -0.804. The Labute approximate surface area is 117 Å². The van der Waals surface area contributed by atoms with Crippen molar-refractivity contribution in [2.75, 3.05) is 19.6 Å². The second kappa shape index (κ2) is 6.17. The lowest BCUT2D eigenvalue weighted by Crippen LogP contribution is -2.39. The Morgan fingerprint density at radius 1 is 1.26 bits per heavy atom. The van der Waals surface area contributed by atoms with E-state index < -0.39 is 5.97 Å². The van der Waals surface area contributed by atoms with E-state index in [1.165, 1.54) is 0 Å². The SMILES string of the molecule is O=C(O)CN1CCC(C(=O)c2ccccc2Cl)CC1. The molecule has 4 nitrogen and oxygen atoms in total. The Morgan fingerprint density at radius 3 is 2.47 bits per heavy atom. The van der Waals surface area contributed by atoms with E-state index in [2.05, 4.69) is 0 Å². The number of carboxylic acids is 1. The zero-order chi connectivity index (χ0) is 13.8. The topological polar surface area (TPSA) is 57.6 Å². The highest BCUT2D eigenvalue weighted by atomic mass is 35.5. The molecule has 0 amide bonds. The van der Waals surface area contributed by atoms with Gasteiger partial charge in [-0.15, -0.1) is 0 Å². The Morgan fingerprint density at radius 2 is 1.89 bits per heavy atom. The Bertz CT molecular complexity index is 481. The van der Waals surface area contributed by atoms with Gasteiger partial charge in [0.15, 0.2) is 5.78 Å². The van der Waals surface area contributed by atoms with Crippen LogP contribution in [0.5, 0.6) is 0 Å². The summed E-state index contributed by atoms with van der Waals surface area (Å²) in [6.07, 6.45) is 1.38. The first-order valence-corrected chi connectivity index (χ1v) is 6.68. The quantitative estimate of drug-likeness (QED) is 0.861. The normalized spacial score (nSPS) is 17.3. The maximum absolute atomic E-state index is 12.3. The van der Waals surface area contributed by atoms with Crippen LogP contribution in [0.1, 0.15) is 23.2 Å². The number of piperidine rings is 1. The van der Waals surface area contributed by atoms with Crippen molar-refractivity contribution in [3.05, 3.63) is 34.9 Å². The second-order valence-electron chi connectivity index (χ2n) is 4.79. The second-order valence-corrected chi connectivity index (χ2v) is 5.20. The van der Waals surface area contributed by atoms with Crippen LogP contribution >= 0.6 is 11.6 Å². The monoisotopic (exact) mass is 281 g/mol. The van der Waals surface area contributed by atoms with Gasteiger partial charge in [-0.2, -0.15) is 0 Å². The maximum Gasteiger partial charge on any atom is 0.317 e. The van der Waals surface area contributed by atoms with Crippen molar-refractivity contribution < 1.29 is 14.7 Å². The molecule has 0 aliphatic carbocycles. The first kappa shape index (κ1) is 14.0. The number of likely N-dealkylation sites (tertiary alicyclic amines) is 1. The highest BCUT2D eigenvalue weighted by Gasteiger charge is 2.27. The average Bonchev–Trinajstić information content (AvgIpc) is 2.39. The number of hydrogen-bond acceptors (Lipinski definition) is 3. The Balaban J connectivity index is 1.96. The molecule has 0 saturated carbocycles. The molecule has 1 heterocycles. The number of ketones is 1. The molecule has 5 heteroatoms. The maximum atomic E-state index is 12.3. The van der Waals surface area contributed by atoms with E-state index in [-0.39, 0.29) is 18.2 Å². The fraction of sp³-hybridized carbons (Fsp3) is 0.429. The molecule has 1 aliphatic heterocycles. The van der Waals surface area contributed by atoms with E-state index in [4.69, 9.17) is 16.7 Å². The number of carbonyl (C=O) groups is 2. The Hall–Kier alpha value is -1.39. The minimum Gasteiger partial charge on any atom is -0.480 e. The van der Waals surface area contributed by atoms with Crippen molar-refractivity contribution in [3.63, 3.8) is 0 Å². The van der Waals surface area contributed by atoms with Gasteiger partial charge in [0.2, 0.25) is 0 Å². The van der Waals surface area contributed by atoms with E-state index in [0.29, 0.717) is 36.5 Å². The largest absolute Gasteiger partial charge is 0.480 e. The van der Waals surface area contributed by atoms with Crippen molar-refractivity contribution in [1.82, 2.24) is 4.90 Å². The summed E-state index contributed by atoms with van der Waals surface area (Å²) in [4.78, 5) is 24.8. The first-order chi connectivity index (χ1) is 9.08. The van der Waals surface area contributed by atoms with Crippen LogP contribution in [0.15, 0.2) is 24.3 Å². The predicted molar refractivity (Wildman–Crippen MR) is 72.6 cm³/mol. The van der Waals surface area contributed by atoms with Gasteiger partial charge < -0.3 is 5.11 Å². The fourth-order valence-corrected chi connectivity index (χ4v) is 2.65. The van der Waals surface area contributed by atoms with Crippen molar-refractivity contribution in [3.8, 4) is 0 Å². The number of Topliss-reactive ketones (excluding diaryl/α,β-unsaturated/α-hetero) is 1.